The lowest BCUT2D eigenvalue weighted by atomic mass is 9.90. The summed E-state index contributed by atoms with van der Waals surface area (Å²) < 4.78 is 0. The molecule has 0 spiro atoms. The van der Waals surface area contributed by atoms with Gasteiger partial charge >= 0.3 is 0 Å². The van der Waals surface area contributed by atoms with Crippen LogP contribution in [-0.4, -0.2) is 41.9 Å². The van der Waals surface area contributed by atoms with E-state index in [1.54, 1.807) is 30.0 Å². The summed E-state index contributed by atoms with van der Waals surface area (Å²) >= 11 is 6.06. The van der Waals surface area contributed by atoms with Gasteiger partial charge in [0.2, 0.25) is 5.91 Å². The zero-order valence-electron chi connectivity index (χ0n) is 15.4. The topological polar surface area (TPSA) is 85.2 Å². The number of anilines is 1. The number of nitrogens with one attached hydrogen (secondary N) is 2. The van der Waals surface area contributed by atoms with Gasteiger partial charge in [0, 0.05) is 23.8 Å². The number of halogens is 1. The highest BCUT2D eigenvalue weighted by molar-refractivity contribution is 6.31. The molecule has 1 aromatic rings. The van der Waals surface area contributed by atoms with Gasteiger partial charge in [0.1, 0.15) is 5.54 Å². The van der Waals surface area contributed by atoms with Crippen LogP contribution >= 0.6 is 11.6 Å². The van der Waals surface area contributed by atoms with Crippen molar-refractivity contribution in [3.8, 4) is 6.07 Å². The van der Waals surface area contributed by atoms with Crippen molar-refractivity contribution < 1.29 is 9.59 Å². The van der Waals surface area contributed by atoms with Gasteiger partial charge in [-0.2, -0.15) is 5.26 Å². The Morgan fingerprint density at radius 2 is 2.00 bits per heavy atom. The van der Waals surface area contributed by atoms with Crippen molar-refractivity contribution >= 4 is 29.1 Å². The van der Waals surface area contributed by atoms with E-state index in [1.807, 2.05) is 13.8 Å². The number of amides is 2. The highest BCUT2D eigenvalue weighted by Gasteiger charge is 2.30. The highest BCUT2D eigenvalue weighted by Crippen LogP contribution is 2.24. The predicted octanol–water partition coefficient (Wildman–Crippen LogP) is 3.04. The van der Waals surface area contributed by atoms with E-state index in [2.05, 4.69) is 16.7 Å². The number of rotatable bonds is 6. The summed E-state index contributed by atoms with van der Waals surface area (Å²) in [5.74, 6) is -0.414. The average Bonchev–Trinajstić information content (AvgIpc) is 3.13. The second kappa shape index (κ2) is 8.41. The van der Waals surface area contributed by atoms with Crippen LogP contribution in [0.4, 0.5) is 5.69 Å². The molecule has 1 fully saturated rings. The van der Waals surface area contributed by atoms with Gasteiger partial charge < -0.3 is 15.5 Å². The van der Waals surface area contributed by atoms with Crippen LogP contribution in [0.3, 0.4) is 0 Å². The summed E-state index contributed by atoms with van der Waals surface area (Å²) in [7, 11) is 0. The monoisotopic (exact) mass is 376 g/mol. The molecule has 26 heavy (non-hydrogen) atoms. The molecule has 0 bridgehead atoms. The molecule has 2 N–H and O–H groups in total. The van der Waals surface area contributed by atoms with Crippen LogP contribution < -0.4 is 10.6 Å². The van der Waals surface area contributed by atoms with Crippen LogP contribution in [0, 0.1) is 17.2 Å². The Labute approximate surface area is 159 Å². The Morgan fingerprint density at radius 3 is 2.58 bits per heavy atom. The maximum Gasteiger partial charge on any atom is 0.255 e. The van der Waals surface area contributed by atoms with Gasteiger partial charge in [-0.15, -0.1) is 0 Å². The normalized spacial score (nSPS) is 16.1. The first-order valence-electron chi connectivity index (χ1n) is 8.82. The molecule has 2 amide bonds. The molecule has 1 aromatic carbocycles. The fourth-order valence-corrected chi connectivity index (χ4v) is 2.92. The number of carbonyl (C=O) groups excluding carboxylic acids is 2. The summed E-state index contributed by atoms with van der Waals surface area (Å²) in [6.45, 7) is 6.88. The molecule has 1 aliphatic rings. The zero-order valence-corrected chi connectivity index (χ0v) is 16.2. The molecule has 1 aliphatic heterocycles. The maximum absolute atomic E-state index is 12.7. The van der Waals surface area contributed by atoms with Crippen molar-refractivity contribution in [3.05, 3.63) is 28.8 Å². The molecule has 2 rings (SSSR count). The quantitative estimate of drug-likeness (QED) is 0.799. The molecule has 0 saturated carbocycles. The van der Waals surface area contributed by atoms with E-state index in [-0.39, 0.29) is 24.3 Å². The summed E-state index contributed by atoms with van der Waals surface area (Å²) in [6.07, 6.45) is 2.01. The third kappa shape index (κ3) is 4.67. The van der Waals surface area contributed by atoms with Gasteiger partial charge in [-0.1, -0.05) is 25.4 Å². The molecule has 0 radical (unpaired) electrons. The van der Waals surface area contributed by atoms with Gasteiger partial charge in [0.15, 0.2) is 0 Å². The number of nitrogens with zero attached hydrogens (tertiary/aromatic N) is 2. The molecular formula is C19H25ClN4O2. The minimum atomic E-state index is -0.943. The number of nitriles is 1. The molecule has 1 heterocycles. The van der Waals surface area contributed by atoms with Gasteiger partial charge in [-0.3, -0.25) is 9.59 Å². The fraction of sp³-hybridized carbons (Fsp3) is 0.526. The first kappa shape index (κ1) is 20.1. The molecule has 1 unspecified atom stereocenters. The molecule has 6 nitrogen and oxygen atoms in total. The molecule has 1 saturated heterocycles. The van der Waals surface area contributed by atoms with Crippen LogP contribution in [0.25, 0.3) is 0 Å². The standard InChI is InChI=1S/C19H25ClN4O2/c1-13(2)19(3,12-21)23-17(25)11-22-16-10-14(20)6-7-15(16)18(26)24-8-4-5-9-24/h6-7,10,13,22H,4-5,8-9,11H2,1-3H3,(H,23,25). The van der Waals surface area contributed by atoms with Crippen LogP contribution in [0.1, 0.15) is 44.0 Å². The Morgan fingerprint density at radius 1 is 1.35 bits per heavy atom. The molecule has 7 heteroatoms. The Bertz CT molecular complexity index is 723. The van der Waals surface area contributed by atoms with Crippen LogP contribution in [0.5, 0.6) is 0 Å². The summed E-state index contributed by atoms with van der Waals surface area (Å²) in [6, 6.07) is 7.13. The third-order valence-corrected chi connectivity index (χ3v) is 5.07. The lowest BCUT2D eigenvalue weighted by molar-refractivity contribution is -0.121. The number of hydrogen-bond donors (Lipinski definition) is 2. The van der Waals surface area contributed by atoms with E-state index in [9.17, 15) is 14.9 Å². The maximum atomic E-state index is 12.7. The minimum absolute atomic E-state index is 0.0325. The molecule has 1 atom stereocenters. The van der Waals surface area contributed by atoms with E-state index >= 15 is 0 Å². The van der Waals surface area contributed by atoms with Gasteiger partial charge in [0.05, 0.1) is 18.2 Å². The SMILES string of the molecule is CC(C)C(C)(C#N)NC(=O)CNc1cc(Cl)ccc1C(=O)N1CCCC1. The summed E-state index contributed by atoms with van der Waals surface area (Å²) in [4.78, 5) is 26.8. The molecule has 140 valence electrons. The largest absolute Gasteiger partial charge is 0.375 e. The number of hydrogen-bond acceptors (Lipinski definition) is 4. The van der Waals surface area contributed by atoms with Gasteiger partial charge in [-0.25, -0.2) is 0 Å². The Hall–Kier alpha value is -2.26. The fourth-order valence-electron chi connectivity index (χ4n) is 2.75. The third-order valence-electron chi connectivity index (χ3n) is 4.83. The smallest absolute Gasteiger partial charge is 0.255 e. The van der Waals surface area contributed by atoms with E-state index < -0.39 is 5.54 Å². The summed E-state index contributed by atoms with van der Waals surface area (Å²) in [5.41, 5.74) is 0.0742. The van der Waals surface area contributed by atoms with Gasteiger partial charge in [-0.05, 0) is 43.9 Å². The minimum Gasteiger partial charge on any atom is -0.375 e. The van der Waals surface area contributed by atoms with E-state index in [0.29, 0.717) is 16.3 Å². The summed E-state index contributed by atoms with van der Waals surface area (Å²) in [5, 5.41) is 15.5. The Kier molecular flexibility index (Phi) is 6.49. The van der Waals surface area contributed by atoms with Crippen LogP contribution in [0.2, 0.25) is 5.02 Å². The molecule has 0 aliphatic carbocycles. The zero-order chi connectivity index (χ0) is 19.3. The number of benzene rings is 1. The molecule has 0 aromatic heterocycles. The van der Waals surface area contributed by atoms with E-state index in [1.165, 1.54) is 0 Å². The van der Waals surface area contributed by atoms with Crippen LogP contribution in [0.15, 0.2) is 18.2 Å². The lowest BCUT2D eigenvalue weighted by Gasteiger charge is -2.27. The van der Waals surface area contributed by atoms with Crippen molar-refractivity contribution in [3.63, 3.8) is 0 Å². The number of carbonyl (C=O) groups is 2. The predicted molar refractivity (Wildman–Crippen MR) is 102 cm³/mol. The number of likely N-dealkylation sites (tertiary alicyclic amines) is 1. The molecular weight excluding hydrogens is 352 g/mol. The van der Waals surface area contributed by atoms with E-state index in [0.717, 1.165) is 25.9 Å². The van der Waals surface area contributed by atoms with Crippen molar-refractivity contribution in [2.24, 2.45) is 5.92 Å². The Balaban J connectivity index is 2.09. The first-order chi connectivity index (χ1) is 12.3. The van der Waals surface area contributed by atoms with E-state index in [4.69, 9.17) is 11.6 Å². The van der Waals surface area contributed by atoms with Crippen LogP contribution in [-0.2, 0) is 4.79 Å². The van der Waals surface area contributed by atoms with Gasteiger partial charge in [0.25, 0.3) is 5.91 Å². The lowest BCUT2D eigenvalue weighted by Crippen LogP contribution is -2.50. The highest BCUT2D eigenvalue weighted by atomic mass is 35.5. The first-order valence-corrected chi connectivity index (χ1v) is 9.19. The van der Waals surface area contributed by atoms with Crippen molar-refractivity contribution in [2.75, 3.05) is 25.0 Å². The van der Waals surface area contributed by atoms with Crippen molar-refractivity contribution in [1.29, 1.82) is 5.26 Å². The second-order valence-corrected chi connectivity index (χ2v) is 7.50. The van der Waals surface area contributed by atoms with Crippen molar-refractivity contribution in [2.45, 2.75) is 39.2 Å². The van der Waals surface area contributed by atoms with Crippen molar-refractivity contribution in [1.82, 2.24) is 10.2 Å². The average molecular weight is 377 g/mol. The second-order valence-electron chi connectivity index (χ2n) is 7.06.